The summed E-state index contributed by atoms with van der Waals surface area (Å²) in [5, 5.41) is 0.260. The molecule has 0 saturated carbocycles. The van der Waals surface area contributed by atoms with Gasteiger partial charge in [0.05, 0.1) is 22.7 Å². The molecule has 1 atom stereocenters. The minimum Gasteiger partial charge on any atom is -0.455 e. The van der Waals surface area contributed by atoms with E-state index < -0.39 is 19.8 Å². The number of ether oxygens (including phenoxy) is 1. The molecule has 0 radical (unpaired) electrons. The quantitative estimate of drug-likeness (QED) is 0.582. The van der Waals surface area contributed by atoms with Gasteiger partial charge in [-0.1, -0.05) is 23.2 Å². The second-order valence-electron chi connectivity index (χ2n) is 4.75. The average Bonchev–Trinajstić information content (AvgIpc) is 2.49. The molecule has 0 aliphatic carbocycles. The molecule has 2 rings (SSSR count). The molecule has 2 aromatic carbocycles. The summed E-state index contributed by atoms with van der Waals surface area (Å²) in [4.78, 5) is 0. The molecule has 128 valence electrons. The fraction of sp³-hybridized carbons (Fsp3) is 0.200. The van der Waals surface area contributed by atoms with E-state index in [-0.39, 0.29) is 26.8 Å². The van der Waals surface area contributed by atoms with Crippen LogP contribution in [0.5, 0.6) is 11.5 Å². The fourth-order valence-electron chi connectivity index (χ4n) is 1.87. The van der Waals surface area contributed by atoms with Crippen molar-refractivity contribution in [3.63, 3.8) is 0 Å². The number of rotatable bonds is 4. The van der Waals surface area contributed by atoms with E-state index in [9.17, 15) is 17.7 Å². The van der Waals surface area contributed by atoms with E-state index in [1.165, 1.54) is 19.2 Å². The van der Waals surface area contributed by atoms with Crippen LogP contribution >= 0.6 is 31.2 Å². The Balaban J connectivity index is 2.40. The van der Waals surface area contributed by atoms with Gasteiger partial charge in [0.15, 0.2) is 0 Å². The third kappa shape index (κ3) is 4.19. The highest BCUT2D eigenvalue weighted by atomic mass is 35.5. The molecule has 0 aliphatic heterocycles. The third-order valence-electron chi connectivity index (χ3n) is 3.09. The molecule has 0 heterocycles. The van der Waals surface area contributed by atoms with Gasteiger partial charge < -0.3 is 4.74 Å². The zero-order valence-corrected chi connectivity index (χ0v) is 14.9. The van der Waals surface area contributed by atoms with Crippen molar-refractivity contribution < 1.29 is 27.0 Å². The van der Waals surface area contributed by atoms with Crippen LogP contribution in [0.1, 0.15) is 11.1 Å². The molecule has 1 unspecified atom stereocenters. The molecule has 0 aromatic heterocycles. The fourth-order valence-corrected chi connectivity index (χ4v) is 3.17. The molecule has 24 heavy (non-hydrogen) atoms. The minimum atomic E-state index is -4.50. The number of alkyl halides is 3. The standard InChI is InChI=1S/C15H11Cl2F3O3P/c1-8-5-11(17)14(24(21)22-2)7-13(8)23-12-4-3-9(6-10(12)16)15(18,19)20/h3-7H,1-2H3/q+1. The number of hydrogen-bond acceptors (Lipinski definition) is 3. The number of hydrogen-bond donors (Lipinski definition) is 0. The van der Waals surface area contributed by atoms with Crippen LogP contribution < -0.4 is 10.0 Å². The Labute approximate surface area is 147 Å². The smallest absolute Gasteiger partial charge is 0.455 e. The summed E-state index contributed by atoms with van der Waals surface area (Å²) in [6.45, 7) is 1.68. The first-order valence-corrected chi connectivity index (χ1v) is 8.43. The monoisotopic (exact) mass is 397 g/mol. The zero-order chi connectivity index (χ0) is 18.1. The zero-order valence-electron chi connectivity index (χ0n) is 12.4. The van der Waals surface area contributed by atoms with Crippen molar-refractivity contribution in [1.29, 1.82) is 0 Å². The molecule has 0 aliphatic rings. The second-order valence-corrected chi connectivity index (χ2v) is 6.93. The Kier molecular flexibility index (Phi) is 5.76. The van der Waals surface area contributed by atoms with Crippen molar-refractivity contribution in [2.45, 2.75) is 13.1 Å². The summed E-state index contributed by atoms with van der Waals surface area (Å²) in [7, 11) is -0.903. The Bertz CT molecular complexity index is 794. The number of aryl methyl sites for hydroxylation is 1. The van der Waals surface area contributed by atoms with Crippen LogP contribution in [0, 0.1) is 6.92 Å². The van der Waals surface area contributed by atoms with Crippen LogP contribution in [0.2, 0.25) is 10.0 Å². The molecule has 0 bridgehead atoms. The molecule has 0 spiro atoms. The van der Waals surface area contributed by atoms with Crippen LogP contribution in [0.25, 0.3) is 0 Å². The van der Waals surface area contributed by atoms with E-state index in [4.69, 9.17) is 32.5 Å². The molecule has 0 N–H and O–H groups in total. The van der Waals surface area contributed by atoms with E-state index >= 15 is 0 Å². The maximum Gasteiger partial charge on any atom is 0.550 e. The summed E-state index contributed by atoms with van der Waals surface area (Å²) in [5.74, 6) is 0.296. The maximum atomic E-state index is 12.7. The third-order valence-corrected chi connectivity index (χ3v) is 4.92. The van der Waals surface area contributed by atoms with Crippen LogP contribution in [0.15, 0.2) is 30.3 Å². The summed E-state index contributed by atoms with van der Waals surface area (Å²) in [5.41, 5.74) is -0.282. The van der Waals surface area contributed by atoms with Gasteiger partial charge in [-0.2, -0.15) is 13.2 Å². The van der Waals surface area contributed by atoms with Crippen LogP contribution in [-0.4, -0.2) is 7.11 Å². The maximum absolute atomic E-state index is 12.7. The predicted octanol–water partition coefficient (Wildman–Crippen LogP) is 6.13. The first kappa shape index (κ1) is 19.0. The van der Waals surface area contributed by atoms with E-state index in [0.717, 1.165) is 18.2 Å². The van der Waals surface area contributed by atoms with Crippen molar-refractivity contribution in [1.82, 2.24) is 0 Å². The molecule has 0 amide bonds. The van der Waals surface area contributed by atoms with E-state index in [1.54, 1.807) is 6.92 Å². The van der Waals surface area contributed by atoms with Gasteiger partial charge in [0.25, 0.3) is 0 Å². The van der Waals surface area contributed by atoms with Crippen LogP contribution in [0.3, 0.4) is 0 Å². The van der Waals surface area contributed by atoms with Gasteiger partial charge in [-0.3, -0.25) is 0 Å². The SMILES string of the molecule is CO[P+](=O)c1cc(Oc2ccc(C(F)(F)F)cc2Cl)c(C)cc1Cl. The van der Waals surface area contributed by atoms with Gasteiger partial charge in [-0.05, 0) is 41.3 Å². The Morgan fingerprint density at radius 1 is 1.04 bits per heavy atom. The largest absolute Gasteiger partial charge is 0.550 e. The van der Waals surface area contributed by atoms with Gasteiger partial charge in [-0.15, -0.1) is 4.52 Å². The molecular formula is C15H11Cl2F3O3P+. The summed E-state index contributed by atoms with van der Waals surface area (Å²) in [6, 6.07) is 5.70. The predicted molar refractivity (Wildman–Crippen MR) is 87.0 cm³/mol. The lowest BCUT2D eigenvalue weighted by Crippen LogP contribution is -2.05. The Morgan fingerprint density at radius 3 is 2.25 bits per heavy atom. The highest BCUT2D eigenvalue weighted by Gasteiger charge is 2.31. The Hall–Kier alpha value is -1.33. The first-order chi connectivity index (χ1) is 11.1. The normalized spacial score (nSPS) is 12.2. The molecule has 0 fully saturated rings. The lowest BCUT2D eigenvalue weighted by atomic mass is 10.2. The average molecular weight is 398 g/mol. The highest BCUT2D eigenvalue weighted by molar-refractivity contribution is 7.48. The second kappa shape index (κ2) is 7.28. The van der Waals surface area contributed by atoms with Gasteiger partial charge in [0.1, 0.15) is 11.5 Å². The Morgan fingerprint density at radius 2 is 1.71 bits per heavy atom. The van der Waals surface area contributed by atoms with E-state index in [2.05, 4.69) is 0 Å². The van der Waals surface area contributed by atoms with Gasteiger partial charge >= 0.3 is 14.2 Å². The molecule has 3 nitrogen and oxygen atoms in total. The van der Waals surface area contributed by atoms with Crippen molar-refractivity contribution in [3.05, 3.63) is 51.5 Å². The minimum absolute atomic E-state index is 0.0358. The van der Waals surface area contributed by atoms with Crippen LogP contribution in [0.4, 0.5) is 13.2 Å². The topological polar surface area (TPSA) is 35.5 Å². The summed E-state index contributed by atoms with van der Waals surface area (Å²) >= 11 is 11.9. The van der Waals surface area contributed by atoms with Gasteiger partial charge in [0.2, 0.25) is 5.30 Å². The van der Waals surface area contributed by atoms with Gasteiger partial charge in [-0.25, -0.2) is 0 Å². The van der Waals surface area contributed by atoms with E-state index in [0.29, 0.717) is 5.56 Å². The van der Waals surface area contributed by atoms with Crippen molar-refractivity contribution in [2.24, 2.45) is 0 Å². The van der Waals surface area contributed by atoms with Crippen molar-refractivity contribution >= 4 is 36.5 Å². The summed E-state index contributed by atoms with van der Waals surface area (Å²) < 4.78 is 60.1. The number of benzene rings is 2. The molecule has 9 heteroatoms. The summed E-state index contributed by atoms with van der Waals surface area (Å²) in [6.07, 6.45) is -4.50. The van der Waals surface area contributed by atoms with Crippen LogP contribution in [-0.2, 0) is 15.3 Å². The van der Waals surface area contributed by atoms with E-state index in [1.807, 2.05) is 0 Å². The molecule has 2 aromatic rings. The number of halogens is 5. The lowest BCUT2D eigenvalue weighted by Gasteiger charge is -2.12. The first-order valence-electron chi connectivity index (χ1n) is 6.49. The van der Waals surface area contributed by atoms with Crippen molar-refractivity contribution in [2.75, 3.05) is 7.11 Å². The highest BCUT2D eigenvalue weighted by Crippen LogP contribution is 2.38. The van der Waals surface area contributed by atoms with Crippen molar-refractivity contribution in [3.8, 4) is 11.5 Å². The lowest BCUT2D eigenvalue weighted by molar-refractivity contribution is -0.137. The molecular weight excluding hydrogens is 387 g/mol. The van der Waals surface area contributed by atoms with Gasteiger partial charge in [0, 0.05) is 6.07 Å². The molecule has 0 saturated heterocycles.